The molecular formula is C12H16N6O2S3. The summed E-state index contributed by atoms with van der Waals surface area (Å²) in [5.74, 6) is 0. The monoisotopic (exact) mass is 372 g/mol. The molecular weight excluding hydrogens is 356 g/mol. The molecule has 0 saturated heterocycles. The quantitative estimate of drug-likeness (QED) is 0.725. The van der Waals surface area contributed by atoms with Gasteiger partial charge in [-0.05, 0) is 55.4 Å². The minimum absolute atomic E-state index is 0.0590. The van der Waals surface area contributed by atoms with Crippen molar-refractivity contribution in [3.63, 3.8) is 0 Å². The Balaban J connectivity index is 0.000000203. The van der Waals surface area contributed by atoms with Gasteiger partial charge in [0.2, 0.25) is 0 Å². The van der Waals surface area contributed by atoms with Crippen LogP contribution in [0.5, 0.6) is 0 Å². The van der Waals surface area contributed by atoms with E-state index in [4.69, 9.17) is 9.84 Å². The van der Waals surface area contributed by atoms with Crippen LogP contribution in [-0.2, 0) is 24.6 Å². The highest BCUT2D eigenvalue weighted by atomic mass is 32.1. The van der Waals surface area contributed by atoms with Crippen molar-refractivity contribution in [2.75, 3.05) is 0 Å². The van der Waals surface area contributed by atoms with Crippen LogP contribution in [0.3, 0.4) is 0 Å². The van der Waals surface area contributed by atoms with Gasteiger partial charge in [-0.3, -0.25) is 0 Å². The van der Waals surface area contributed by atoms with Crippen LogP contribution in [0.4, 0.5) is 0 Å². The summed E-state index contributed by atoms with van der Waals surface area (Å²) in [6, 6.07) is 0. The smallest absolute Gasteiger partial charge is 0.0849 e. The average Bonchev–Trinajstić information content (AvgIpc) is 3.24. The third kappa shape index (κ3) is 5.32. The van der Waals surface area contributed by atoms with Crippen LogP contribution < -0.4 is 0 Å². The fourth-order valence-corrected chi connectivity index (χ4v) is 3.03. The Kier molecular flexibility index (Phi) is 7.05. The molecule has 0 bridgehead atoms. The predicted octanol–water partition coefficient (Wildman–Crippen LogP) is 2.06. The fraction of sp³-hybridized carbons (Fsp3) is 0.500. The van der Waals surface area contributed by atoms with E-state index >= 15 is 0 Å². The second-order valence-corrected chi connectivity index (χ2v) is 7.01. The first-order chi connectivity index (χ1) is 11.1. The van der Waals surface area contributed by atoms with Gasteiger partial charge in [0.15, 0.2) is 0 Å². The van der Waals surface area contributed by atoms with Gasteiger partial charge in [0.25, 0.3) is 0 Å². The summed E-state index contributed by atoms with van der Waals surface area (Å²) in [6.07, 6.45) is 0. The Bertz CT molecular complexity index is 686. The van der Waals surface area contributed by atoms with Crippen LogP contribution >= 0.6 is 34.6 Å². The molecule has 0 aliphatic heterocycles. The number of aromatic nitrogens is 6. The van der Waals surface area contributed by atoms with E-state index in [0.29, 0.717) is 13.2 Å². The molecule has 0 amide bonds. The molecule has 0 aliphatic rings. The van der Waals surface area contributed by atoms with Crippen LogP contribution in [0.25, 0.3) is 0 Å². The van der Waals surface area contributed by atoms with E-state index in [-0.39, 0.29) is 6.61 Å². The maximum atomic E-state index is 8.54. The molecule has 124 valence electrons. The fourth-order valence-electron chi connectivity index (χ4n) is 1.40. The van der Waals surface area contributed by atoms with Crippen molar-refractivity contribution < 1.29 is 9.84 Å². The summed E-state index contributed by atoms with van der Waals surface area (Å²) in [6.45, 7) is 6.86. The van der Waals surface area contributed by atoms with Gasteiger partial charge >= 0.3 is 0 Å². The molecule has 0 saturated carbocycles. The van der Waals surface area contributed by atoms with Crippen molar-refractivity contribution in [1.29, 1.82) is 0 Å². The Morgan fingerprint density at radius 3 is 1.39 bits per heavy atom. The van der Waals surface area contributed by atoms with Crippen molar-refractivity contribution in [2.24, 2.45) is 0 Å². The molecule has 0 atom stereocenters. The van der Waals surface area contributed by atoms with E-state index in [1.807, 2.05) is 20.8 Å². The molecule has 1 N–H and O–H groups in total. The van der Waals surface area contributed by atoms with Gasteiger partial charge in [-0.25, -0.2) is 0 Å². The predicted molar refractivity (Wildman–Crippen MR) is 88.4 cm³/mol. The maximum Gasteiger partial charge on any atom is 0.0849 e. The second-order valence-electron chi connectivity index (χ2n) is 4.50. The Morgan fingerprint density at radius 1 is 0.739 bits per heavy atom. The molecule has 0 fully saturated rings. The van der Waals surface area contributed by atoms with Crippen molar-refractivity contribution in [3.8, 4) is 0 Å². The van der Waals surface area contributed by atoms with Gasteiger partial charge in [0.05, 0.1) is 51.5 Å². The highest BCUT2D eigenvalue weighted by molar-refractivity contribution is 7.06. The van der Waals surface area contributed by atoms with Crippen LogP contribution in [0.2, 0.25) is 0 Å². The molecule has 3 aromatic heterocycles. The molecule has 0 unspecified atom stereocenters. The minimum Gasteiger partial charge on any atom is -0.391 e. The van der Waals surface area contributed by atoms with Gasteiger partial charge in [0.1, 0.15) is 0 Å². The lowest BCUT2D eigenvalue weighted by molar-refractivity contribution is 0.110. The van der Waals surface area contributed by atoms with Crippen molar-refractivity contribution in [1.82, 2.24) is 28.8 Å². The summed E-state index contributed by atoms with van der Waals surface area (Å²) < 4.78 is 16.9. The molecule has 3 rings (SSSR count). The molecule has 3 heterocycles. The second kappa shape index (κ2) is 9.03. The Hall–Kier alpha value is -1.40. The third-order valence-electron chi connectivity index (χ3n) is 2.85. The van der Waals surface area contributed by atoms with Gasteiger partial charge < -0.3 is 9.84 Å². The summed E-state index contributed by atoms with van der Waals surface area (Å²) >= 11 is 3.99. The number of ether oxygens (including phenoxy) is 1. The van der Waals surface area contributed by atoms with E-state index in [1.54, 1.807) is 0 Å². The molecule has 0 aliphatic carbocycles. The zero-order chi connectivity index (χ0) is 16.7. The van der Waals surface area contributed by atoms with E-state index in [9.17, 15) is 0 Å². The van der Waals surface area contributed by atoms with Crippen LogP contribution in [0.1, 0.15) is 31.7 Å². The standard InChI is InChI=1S/C8H10N4OS2.C4H6N2OS/c1-5-7(14-11-9-5)3-13-4-8-6(2)10-12-15-8;1-3-4(2-7)8-6-5-3/h3-4H2,1-2H3;7H,2H2,1H3. The number of hydrogen-bond acceptors (Lipinski definition) is 11. The Morgan fingerprint density at radius 2 is 1.13 bits per heavy atom. The average molecular weight is 373 g/mol. The SMILES string of the molecule is Cc1nnsc1CO.Cc1nnsc1COCc1snnc1C. The lowest BCUT2D eigenvalue weighted by Crippen LogP contribution is -1.93. The molecule has 0 radical (unpaired) electrons. The third-order valence-corrected chi connectivity index (χ3v) is 5.25. The first kappa shape index (κ1) is 17.9. The van der Waals surface area contributed by atoms with E-state index in [1.165, 1.54) is 34.6 Å². The van der Waals surface area contributed by atoms with E-state index in [2.05, 4.69) is 28.8 Å². The number of aliphatic hydroxyl groups is 1. The van der Waals surface area contributed by atoms with Crippen LogP contribution in [0, 0.1) is 20.8 Å². The minimum atomic E-state index is 0.0590. The molecule has 23 heavy (non-hydrogen) atoms. The zero-order valence-electron chi connectivity index (χ0n) is 12.9. The van der Waals surface area contributed by atoms with E-state index in [0.717, 1.165) is 31.7 Å². The number of rotatable bonds is 5. The largest absolute Gasteiger partial charge is 0.391 e. The van der Waals surface area contributed by atoms with Crippen molar-refractivity contribution in [2.45, 2.75) is 40.6 Å². The van der Waals surface area contributed by atoms with Gasteiger partial charge in [-0.2, -0.15) is 0 Å². The molecule has 0 aromatic carbocycles. The molecule has 0 spiro atoms. The van der Waals surface area contributed by atoms with Crippen molar-refractivity contribution in [3.05, 3.63) is 31.7 Å². The Labute approximate surface area is 145 Å². The highest BCUT2D eigenvalue weighted by Gasteiger charge is 2.06. The number of hydrogen-bond donors (Lipinski definition) is 1. The number of aryl methyl sites for hydroxylation is 3. The van der Waals surface area contributed by atoms with Crippen LogP contribution in [-0.4, -0.2) is 33.9 Å². The summed E-state index contributed by atoms with van der Waals surface area (Å²) in [4.78, 5) is 3.00. The highest BCUT2D eigenvalue weighted by Crippen LogP contribution is 2.14. The summed E-state index contributed by atoms with van der Waals surface area (Å²) in [7, 11) is 0. The zero-order valence-corrected chi connectivity index (χ0v) is 15.3. The number of aliphatic hydroxyl groups excluding tert-OH is 1. The van der Waals surface area contributed by atoms with E-state index < -0.39 is 0 Å². The van der Waals surface area contributed by atoms with Gasteiger partial charge in [-0.15, -0.1) is 15.3 Å². The first-order valence-electron chi connectivity index (χ1n) is 6.64. The van der Waals surface area contributed by atoms with Crippen molar-refractivity contribution >= 4 is 34.6 Å². The summed E-state index contributed by atoms with van der Waals surface area (Å²) in [5, 5.41) is 20.1. The maximum absolute atomic E-state index is 8.54. The lowest BCUT2D eigenvalue weighted by Gasteiger charge is -2.00. The van der Waals surface area contributed by atoms with Gasteiger partial charge in [0, 0.05) is 0 Å². The number of nitrogens with zero attached hydrogens (tertiary/aromatic N) is 6. The molecule has 11 heteroatoms. The molecule has 3 aromatic rings. The topological polar surface area (TPSA) is 107 Å². The first-order valence-corrected chi connectivity index (χ1v) is 8.96. The summed E-state index contributed by atoms with van der Waals surface area (Å²) in [5.41, 5.74) is 2.72. The van der Waals surface area contributed by atoms with Gasteiger partial charge in [-0.1, -0.05) is 13.5 Å². The van der Waals surface area contributed by atoms with Crippen LogP contribution in [0.15, 0.2) is 0 Å². The lowest BCUT2D eigenvalue weighted by atomic mass is 10.4. The molecule has 8 nitrogen and oxygen atoms in total. The normalized spacial score (nSPS) is 10.4.